The lowest BCUT2D eigenvalue weighted by Crippen LogP contribution is -2.48. The van der Waals surface area contributed by atoms with Crippen molar-refractivity contribution in [1.82, 2.24) is 4.90 Å². The highest BCUT2D eigenvalue weighted by molar-refractivity contribution is 5.48. The van der Waals surface area contributed by atoms with Crippen LogP contribution in [-0.4, -0.2) is 41.4 Å². The van der Waals surface area contributed by atoms with Gasteiger partial charge in [-0.1, -0.05) is 13.8 Å². The zero-order chi connectivity index (χ0) is 15.9. The van der Waals surface area contributed by atoms with Crippen molar-refractivity contribution < 1.29 is 14.9 Å². The van der Waals surface area contributed by atoms with Gasteiger partial charge in [-0.25, -0.2) is 0 Å². The molecule has 1 aromatic rings. The van der Waals surface area contributed by atoms with Gasteiger partial charge < -0.3 is 14.9 Å². The molecule has 1 fully saturated rings. The van der Waals surface area contributed by atoms with Crippen LogP contribution in [0.4, 0.5) is 0 Å². The van der Waals surface area contributed by atoms with Crippen LogP contribution in [-0.2, 0) is 6.42 Å². The summed E-state index contributed by atoms with van der Waals surface area (Å²) in [6.45, 7) is 6.41. The van der Waals surface area contributed by atoms with E-state index >= 15 is 0 Å². The molecular weight excluding hydrogens is 278 g/mol. The number of phenols is 1. The molecule has 3 rings (SSSR count). The summed E-state index contributed by atoms with van der Waals surface area (Å²) in [7, 11) is 1.58. The van der Waals surface area contributed by atoms with Crippen molar-refractivity contribution in [2.45, 2.75) is 45.3 Å². The smallest absolute Gasteiger partial charge is 0.160 e. The number of nitrogens with zero attached hydrogens (tertiary/aromatic N) is 1. The molecule has 0 radical (unpaired) electrons. The molecule has 0 amide bonds. The van der Waals surface area contributed by atoms with Crippen LogP contribution in [0.3, 0.4) is 0 Å². The minimum atomic E-state index is -0.251. The van der Waals surface area contributed by atoms with E-state index in [0.717, 1.165) is 37.9 Å². The number of phenolic OH excluding ortho intramolecular Hbond substituents is 1. The first-order chi connectivity index (χ1) is 10.5. The zero-order valence-corrected chi connectivity index (χ0v) is 13.7. The lowest BCUT2D eigenvalue weighted by atomic mass is 9.79. The van der Waals surface area contributed by atoms with Gasteiger partial charge in [0.2, 0.25) is 0 Å². The van der Waals surface area contributed by atoms with E-state index in [1.165, 1.54) is 5.56 Å². The van der Waals surface area contributed by atoms with Crippen molar-refractivity contribution >= 4 is 0 Å². The van der Waals surface area contributed by atoms with E-state index in [1.54, 1.807) is 7.11 Å². The number of aliphatic hydroxyl groups excluding tert-OH is 1. The fourth-order valence-electron chi connectivity index (χ4n) is 4.11. The van der Waals surface area contributed by atoms with Gasteiger partial charge in [-0.15, -0.1) is 0 Å². The van der Waals surface area contributed by atoms with Crippen LogP contribution in [0.15, 0.2) is 12.1 Å². The van der Waals surface area contributed by atoms with Gasteiger partial charge in [0.15, 0.2) is 11.5 Å². The first-order valence-electron chi connectivity index (χ1n) is 8.31. The van der Waals surface area contributed by atoms with E-state index in [9.17, 15) is 10.2 Å². The maximum absolute atomic E-state index is 10.5. The third-order valence-electron chi connectivity index (χ3n) is 5.16. The Morgan fingerprint density at radius 2 is 2.14 bits per heavy atom. The van der Waals surface area contributed by atoms with E-state index in [4.69, 9.17) is 4.74 Å². The van der Waals surface area contributed by atoms with Gasteiger partial charge in [0, 0.05) is 19.1 Å². The number of hydrogen-bond donors (Lipinski definition) is 2. The molecule has 3 atom stereocenters. The van der Waals surface area contributed by atoms with E-state index in [1.807, 2.05) is 12.1 Å². The number of piperidine rings is 1. The quantitative estimate of drug-likeness (QED) is 0.901. The Bertz CT molecular complexity index is 543. The Balaban J connectivity index is 1.85. The van der Waals surface area contributed by atoms with Gasteiger partial charge in [0.1, 0.15) is 0 Å². The lowest BCUT2D eigenvalue weighted by molar-refractivity contribution is -0.0191. The van der Waals surface area contributed by atoms with E-state index < -0.39 is 0 Å². The summed E-state index contributed by atoms with van der Waals surface area (Å²) in [5.74, 6) is 1.72. The number of methoxy groups -OCH3 is 1. The van der Waals surface area contributed by atoms with Crippen molar-refractivity contribution in [1.29, 1.82) is 0 Å². The molecule has 122 valence electrons. The van der Waals surface area contributed by atoms with Crippen molar-refractivity contribution in [2.75, 3.05) is 20.2 Å². The zero-order valence-electron chi connectivity index (χ0n) is 13.7. The van der Waals surface area contributed by atoms with Crippen molar-refractivity contribution in [3.8, 4) is 11.5 Å². The number of aliphatic hydroxyl groups is 1. The topological polar surface area (TPSA) is 52.9 Å². The highest BCUT2D eigenvalue weighted by atomic mass is 16.5. The van der Waals surface area contributed by atoms with E-state index in [0.29, 0.717) is 17.6 Å². The fourth-order valence-corrected chi connectivity index (χ4v) is 4.11. The fraction of sp³-hybridized carbons (Fsp3) is 0.667. The van der Waals surface area contributed by atoms with Gasteiger partial charge in [0.05, 0.1) is 13.2 Å². The molecule has 2 heterocycles. The molecule has 0 aromatic heterocycles. The second-order valence-corrected chi connectivity index (χ2v) is 7.18. The predicted octanol–water partition coefficient (Wildman–Crippen LogP) is 2.73. The Morgan fingerprint density at radius 3 is 2.82 bits per heavy atom. The van der Waals surface area contributed by atoms with Crippen molar-refractivity contribution in [2.24, 2.45) is 11.8 Å². The predicted molar refractivity (Wildman–Crippen MR) is 86.2 cm³/mol. The van der Waals surface area contributed by atoms with Gasteiger partial charge in [-0.2, -0.15) is 0 Å². The molecule has 2 N–H and O–H groups in total. The third kappa shape index (κ3) is 2.82. The van der Waals surface area contributed by atoms with Crippen LogP contribution in [0.25, 0.3) is 0 Å². The minimum Gasteiger partial charge on any atom is -0.504 e. The largest absolute Gasteiger partial charge is 0.504 e. The molecule has 0 spiro atoms. The van der Waals surface area contributed by atoms with E-state index in [-0.39, 0.29) is 17.9 Å². The van der Waals surface area contributed by atoms with Crippen molar-refractivity contribution in [3.05, 3.63) is 23.3 Å². The van der Waals surface area contributed by atoms with Crippen LogP contribution >= 0.6 is 0 Å². The van der Waals surface area contributed by atoms with Crippen LogP contribution in [0.1, 0.15) is 43.9 Å². The molecule has 4 heteroatoms. The maximum Gasteiger partial charge on any atom is 0.160 e. The lowest BCUT2D eigenvalue weighted by Gasteiger charge is -2.46. The number of rotatable bonds is 3. The minimum absolute atomic E-state index is 0.196. The monoisotopic (exact) mass is 305 g/mol. The van der Waals surface area contributed by atoms with Crippen LogP contribution in [0.5, 0.6) is 11.5 Å². The second kappa shape index (κ2) is 6.09. The summed E-state index contributed by atoms with van der Waals surface area (Å²) in [6.07, 6.45) is 2.56. The molecule has 22 heavy (non-hydrogen) atoms. The summed E-state index contributed by atoms with van der Waals surface area (Å²) < 4.78 is 5.22. The van der Waals surface area contributed by atoms with Crippen LogP contribution in [0, 0.1) is 11.8 Å². The SMILES string of the molecule is COc1cc2c(cc1O)[C@H]1C[C@@H](O)[C@H](CC(C)C)CN1CC2. The molecule has 1 aromatic carbocycles. The van der Waals surface area contributed by atoms with Gasteiger partial charge in [0.25, 0.3) is 0 Å². The number of benzene rings is 1. The molecule has 0 unspecified atom stereocenters. The third-order valence-corrected chi connectivity index (χ3v) is 5.16. The van der Waals surface area contributed by atoms with Gasteiger partial charge >= 0.3 is 0 Å². The molecule has 1 saturated heterocycles. The first kappa shape index (κ1) is 15.6. The highest BCUT2D eigenvalue weighted by Crippen LogP contribution is 2.43. The number of hydrogen-bond acceptors (Lipinski definition) is 4. The average Bonchev–Trinajstić information content (AvgIpc) is 2.47. The Morgan fingerprint density at radius 1 is 1.36 bits per heavy atom. The summed E-state index contributed by atoms with van der Waals surface area (Å²) in [6, 6.07) is 4.01. The molecule has 0 saturated carbocycles. The van der Waals surface area contributed by atoms with Crippen LogP contribution in [0.2, 0.25) is 0 Å². The van der Waals surface area contributed by atoms with Crippen molar-refractivity contribution in [3.63, 3.8) is 0 Å². The molecule has 0 bridgehead atoms. The summed E-state index contributed by atoms with van der Waals surface area (Å²) in [4.78, 5) is 2.48. The van der Waals surface area contributed by atoms with E-state index in [2.05, 4.69) is 18.7 Å². The maximum atomic E-state index is 10.5. The summed E-state index contributed by atoms with van der Waals surface area (Å²) in [5, 5.41) is 20.6. The van der Waals surface area contributed by atoms with Gasteiger partial charge in [-0.3, -0.25) is 4.90 Å². The normalized spacial score (nSPS) is 28.3. The summed E-state index contributed by atoms with van der Waals surface area (Å²) >= 11 is 0. The highest BCUT2D eigenvalue weighted by Gasteiger charge is 2.38. The number of aromatic hydroxyl groups is 1. The standard InChI is InChI=1S/C18H27NO3/c1-11(2)6-13-10-19-5-4-12-7-18(22-3)17(21)8-14(12)15(19)9-16(13)20/h7-8,11,13,15-16,20-21H,4-6,9-10H2,1-3H3/t13-,15-,16-/m1/s1. The van der Waals surface area contributed by atoms with Gasteiger partial charge in [-0.05, 0) is 54.4 Å². The van der Waals surface area contributed by atoms with Crippen LogP contribution < -0.4 is 4.74 Å². The Kier molecular flexibility index (Phi) is 4.33. The number of fused-ring (bicyclic) bond motifs is 3. The first-order valence-corrected chi connectivity index (χ1v) is 8.31. The number of ether oxygens (including phenoxy) is 1. The molecule has 0 aliphatic carbocycles. The average molecular weight is 305 g/mol. The molecular formula is C18H27NO3. The second-order valence-electron chi connectivity index (χ2n) is 7.18. The Labute approximate surface area is 132 Å². The summed E-state index contributed by atoms with van der Waals surface area (Å²) in [5.41, 5.74) is 2.40. The Hall–Kier alpha value is -1.26. The molecule has 2 aliphatic rings. The molecule has 4 nitrogen and oxygen atoms in total. The molecule has 2 aliphatic heterocycles.